The van der Waals surface area contributed by atoms with Crippen LogP contribution in [0.1, 0.15) is 220 Å². The van der Waals surface area contributed by atoms with E-state index < -0.39 is 245 Å². The molecule has 30 rings (SSSR count). The molecule has 6 saturated heterocycles. The van der Waals surface area contributed by atoms with E-state index >= 15 is 0 Å². The second-order valence-corrected chi connectivity index (χ2v) is 45.1. The van der Waals surface area contributed by atoms with Gasteiger partial charge in [0.05, 0.1) is 40.3 Å². The van der Waals surface area contributed by atoms with Crippen molar-refractivity contribution in [2.24, 2.45) is 145 Å². The minimum Gasteiger partial charge on any atom is -0.464 e. The van der Waals surface area contributed by atoms with Gasteiger partial charge in [-0.15, -0.1) is 0 Å². The first-order chi connectivity index (χ1) is 60.9. The highest BCUT2D eigenvalue weighted by atomic mass is 19.3. The molecular formula is C93H122F16O20. The number of ether oxygens (including phenoxy) is 16. The third-order valence-corrected chi connectivity index (χ3v) is 37.6. The third-order valence-electron chi connectivity index (χ3n) is 37.6. The summed E-state index contributed by atoms with van der Waals surface area (Å²) in [6, 6.07) is 0. The molecule has 0 aromatic heterocycles. The smallest absolute Gasteiger partial charge is 0.335 e. The van der Waals surface area contributed by atoms with E-state index in [1.54, 1.807) is 0 Å². The van der Waals surface area contributed by atoms with Crippen LogP contribution in [0.25, 0.3) is 0 Å². The van der Waals surface area contributed by atoms with E-state index in [2.05, 4.69) is 0 Å². The molecule has 0 N–H and O–H groups in total. The van der Waals surface area contributed by atoms with Crippen LogP contribution < -0.4 is 0 Å². The molecule has 36 heteroatoms. The maximum Gasteiger partial charge on any atom is 0.335 e. The van der Waals surface area contributed by atoms with Crippen molar-refractivity contribution in [1.29, 1.82) is 0 Å². The Hall–Kier alpha value is -3.72. The number of hydrogen-bond acceptors (Lipinski definition) is 20. The van der Waals surface area contributed by atoms with Crippen molar-refractivity contribution < 1.29 is 165 Å². The van der Waals surface area contributed by atoms with Crippen LogP contribution in [0.2, 0.25) is 0 Å². The topological polar surface area (TPSA) is 216 Å². The van der Waals surface area contributed by atoms with Gasteiger partial charge in [-0.25, -0.2) is 0 Å². The van der Waals surface area contributed by atoms with Crippen molar-refractivity contribution in [3.8, 4) is 0 Å². The van der Waals surface area contributed by atoms with E-state index in [1.165, 1.54) is 12.8 Å². The monoisotopic (exact) mass is 1860 g/mol. The molecule has 0 aromatic rings. The highest BCUT2D eigenvalue weighted by Gasteiger charge is 2.78. The summed E-state index contributed by atoms with van der Waals surface area (Å²) >= 11 is 0. The predicted molar refractivity (Wildman–Crippen MR) is 412 cm³/mol. The summed E-state index contributed by atoms with van der Waals surface area (Å²) in [6.45, 7) is -4.48. The Bertz CT molecular complexity index is 3890. The van der Waals surface area contributed by atoms with E-state index in [-0.39, 0.29) is 138 Å². The number of halogens is 16. The van der Waals surface area contributed by atoms with E-state index in [1.807, 2.05) is 27.7 Å². The van der Waals surface area contributed by atoms with Gasteiger partial charge in [0, 0.05) is 71.0 Å². The first-order valence-corrected chi connectivity index (χ1v) is 48.3. The summed E-state index contributed by atoms with van der Waals surface area (Å²) in [7, 11) is 0. The molecule has 30 fully saturated rings. The SMILES string of the molecule is CC.CC.O=C(OCC1(COC(=O)C23CC4CC(C2)C2(OCC(F)(F)C(F)(F)CO2)C(C4)C3)COC2(OC1)C1CC3CC(C1)CC2C3)C12CC3CC(C1)C1(OCC(F)(F)C(F)(F)CO1)C(C3)C2.O=C(OCC1OC2(OC1COC(=O)C13CC4CC(C1)C1(OCC(F)(F)C(F)(F)CO1)C(C4)C3)C1CC3CC(C1)CC2C3)C12CC3CC(C1)C1(OCC(F)(F)C(F)(F)CO1)C(C3)C2. The highest BCUT2D eigenvalue weighted by molar-refractivity contribution is 5.80. The quantitative estimate of drug-likeness (QED) is 0.101. The van der Waals surface area contributed by atoms with Gasteiger partial charge in [-0.05, 0) is 240 Å². The summed E-state index contributed by atoms with van der Waals surface area (Å²) in [5, 5.41) is 0. The molecule has 10 unspecified atom stereocenters. The van der Waals surface area contributed by atoms with Crippen molar-refractivity contribution in [2.75, 3.05) is 92.5 Å². The predicted octanol–water partition coefficient (Wildman–Crippen LogP) is 17.7. The molecular weight excluding hydrogens is 1740 g/mol. The van der Waals surface area contributed by atoms with Crippen molar-refractivity contribution in [2.45, 2.75) is 315 Å². The van der Waals surface area contributed by atoms with Gasteiger partial charge in [-0.1, -0.05) is 27.7 Å². The summed E-state index contributed by atoms with van der Waals surface area (Å²) < 4.78 is 329. The Morgan fingerprint density at radius 1 is 0.225 bits per heavy atom. The molecule has 6 heterocycles. The van der Waals surface area contributed by atoms with Gasteiger partial charge in [0.15, 0.2) is 34.7 Å². The second kappa shape index (κ2) is 30.6. The Morgan fingerprint density at radius 2 is 0.403 bits per heavy atom. The van der Waals surface area contributed by atoms with Gasteiger partial charge in [-0.2, -0.15) is 70.2 Å². The number of rotatable bonds is 12. The average Bonchev–Trinajstić information content (AvgIpc) is 1.65. The van der Waals surface area contributed by atoms with Crippen molar-refractivity contribution in [3.05, 3.63) is 0 Å². The molecule has 10 atom stereocenters. The van der Waals surface area contributed by atoms with Gasteiger partial charge < -0.3 is 75.8 Å². The Balaban J connectivity index is 0.000000151. The van der Waals surface area contributed by atoms with Crippen LogP contribution in [-0.4, -0.2) is 211 Å². The van der Waals surface area contributed by atoms with Crippen molar-refractivity contribution in [3.63, 3.8) is 0 Å². The number of hydrogen-bond donors (Lipinski definition) is 0. The molecule has 0 amide bonds. The fourth-order valence-electron chi connectivity index (χ4n) is 32.9. The lowest BCUT2D eigenvalue weighted by molar-refractivity contribution is -0.386. The van der Waals surface area contributed by atoms with Crippen LogP contribution in [0.4, 0.5) is 70.2 Å². The molecule has 0 aromatic carbocycles. The maximum atomic E-state index is 14.5. The summed E-state index contributed by atoms with van der Waals surface area (Å²) in [4.78, 5) is 57.7. The third kappa shape index (κ3) is 13.9. The van der Waals surface area contributed by atoms with Crippen molar-refractivity contribution in [1.82, 2.24) is 0 Å². The summed E-state index contributed by atoms with van der Waals surface area (Å²) in [6.07, 6.45) is 16.0. The molecule has 24 bridgehead atoms. The first-order valence-electron chi connectivity index (χ1n) is 48.3. The highest BCUT2D eigenvalue weighted by Crippen LogP contribution is 2.73. The first kappa shape index (κ1) is 91.7. The molecule has 0 radical (unpaired) electrons. The van der Waals surface area contributed by atoms with E-state index in [9.17, 15) is 89.4 Å². The van der Waals surface area contributed by atoms with Crippen LogP contribution in [0.15, 0.2) is 0 Å². The molecule has 24 saturated carbocycles. The van der Waals surface area contributed by atoms with E-state index in [0.29, 0.717) is 101 Å². The molecule has 129 heavy (non-hydrogen) atoms. The molecule has 20 nitrogen and oxygen atoms in total. The van der Waals surface area contributed by atoms with Crippen molar-refractivity contribution >= 4 is 23.9 Å². The van der Waals surface area contributed by atoms with E-state index in [0.717, 1.165) is 51.4 Å². The molecule has 6 spiro atoms. The Morgan fingerprint density at radius 3 is 0.620 bits per heavy atom. The van der Waals surface area contributed by atoms with Crippen LogP contribution in [-0.2, 0) is 95.0 Å². The number of carbonyl (C=O) groups excluding carboxylic acids is 4. The normalized spacial score (nSPS) is 49.1. The average molecular weight is 1860 g/mol. The van der Waals surface area contributed by atoms with Gasteiger partial charge in [-0.3, -0.25) is 19.2 Å². The van der Waals surface area contributed by atoms with Crippen LogP contribution in [0.5, 0.6) is 0 Å². The fourth-order valence-corrected chi connectivity index (χ4v) is 32.9. The minimum absolute atomic E-state index is 0.0198. The maximum absolute atomic E-state index is 14.5. The molecule has 24 aliphatic carbocycles. The molecule has 30 aliphatic rings. The zero-order valence-corrected chi connectivity index (χ0v) is 73.5. The lowest BCUT2D eigenvalue weighted by Gasteiger charge is -2.63. The van der Waals surface area contributed by atoms with Crippen LogP contribution >= 0.6 is 0 Å². The lowest BCUT2D eigenvalue weighted by atomic mass is 9.47. The van der Waals surface area contributed by atoms with Gasteiger partial charge in [0.2, 0.25) is 0 Å². The Kier molecular flexibility index (Phi) is 21.8. The lowest BCUT2D eigenvalue weighted by Crippen LogP contribution is -2.66. The van der Waals surface area contributed by atoms with Crippen LogP contribution in [0.3, 0.4) is 0 Å². The summed E-state index contributed by atoms with van der Waals surface area (Å²) in [5.41, 5.74) is -5.13. The molecule has 726 valence electrons. The van der Waals surface area contributed by atoms with Crippen LogP contribution in [0, 0.1) is 145 Å². The zero-order valence-electron chi connectivity index (χ0n) is 73.5. The van der Waals surface area contributed by atoms with Gasteiger partial charge in [0.1, 0.15) is 91.5 Å². The number of carbonyl (C=O) groups is 4. The fraction of sp³-hybridized carbons (Fsp3) is 0.957. The minimum atomic E-state index is -4.41. The van der Waals surface area contributed by atoms with Gasteiger partial charge in [0.25, 0.3) is 0 Å². The largest absolute Gasteiger partial charge is 0.464 e. The zero-order chi connectivity index (χ0) is 90.9. The molecule has 6 aliphatic heterocycles. The standard InChI is InChI=1S/C45H56F8O10.C44H54F8O10.2C2H6/c46-39(47)20-60-44(61-21-40(39,48)49)30-6-26-7-31(44)13-37(10-26,12-30)34(54)56-16-36(18-58-43(59-19-36)28-2-24-1-25(4-28)5-29(43)3-24)17-57-35(55)38-11-27-8-32(14-38)45(33(9-27)15-38)62-22-41(50,51)42(52,53)23-63-45;45-38(46)18-57-42(58-19-39(38,47)48)28-6-24-7-29(42)13-36(10-24,12-28)34(53)55-16-32-33(62-44(61-32)26-2-22-1-23(4-26)5-27(44)3-22)17-56-35(54)37-11-25-8-30(14-37)43(31(9-25)15-37)59-20-40(49,50)41(51,52)21-60-43;2*1-2/h24-33H,1-23H2;22-33H,1-21H2;2*1-2H3. The second-order valence-electron chi connectivity index (χ2n) is 45.1. The summed E-state index contributed by atoms with van der Waals surface area (Å²) in [5.74, 6) is -46.8. The Labute approximate surface area is 738 Å². The van der Waals surface area contributed by atoms with E-state index in [4.69, 9.17) is 75.8 Å². The number of alkyl halides is 16. The number of esters is 4. The van der Waals surface area contributed by atoms with Gasteiger partial charge >= 0.3 is 71.3 Å².